The quantitative estimate of drug-likeness (QED) is 0.919. The summed E-state index contributed by atoms with van der Waals surface area (Å²) in [6.07, 6.45) is 2.37. The van der Waals surface area contributed by atoms with E-state index in [0.29, 0.717) is 16.6 Å². The Bertz CT molecular complexity index is 616. The highest BCUT2D eigenvalue weighted by atomic mass is 35.5. The molecule has 1 aromatic carbocycles. The van der Waals surface area contributed by atoms with Crippen molar-refractivity contribution < 1.29 is 14.4 Å². The lowest BCUT2D eigenvalue weighted by molar-refractivity contribution is 0.0652. The van der Waals surface area contributed by atoms with Gasteiger partial charge in [0.05, 0.1) is 0 Å². The maximum Gasteiger partial charge on any atom is 0.374 e. The lowest BCUT2D eigenvalue weighted by Gasteiger charge is -2.03. The van der Waals surface area contributed by atoms with Gasteiger partial charge >= 0.3 is 5.97 Å². The molecule has 0 spiro atoms. The van der Waals surface area contributed by atoms with Gasteiger partial charge in [-0.1, -0.05) is 28.9 Å². The first kappa shape index (κ1) is 11.3. The molecule has 0 aliphatic heterocycles. The number of carboxylic acid groups (broad SMARTS) is 1. The van der Waals surface area contributed by atoms with Gasteiger partial charge in [0.2, 0.25) is 5.76 Å². The average Bonchev–Trinajstić information content (AvgIpc) is 3.05. The zero-order chi connectivity index (χ0) is 12.7. The lowest BCUT2D eigenvalue weighted by atomic mass is 10.1. The summed E-state index contributed by atoms with van der Waals surface area (Å²) in [5.41, 5.74) is 2.40. The van der Waals surface area contributed by atoms with Crippen LogP contribution in [0.2, 0.25) is 5.02 Å². The van der Waals surface area contributed by atoms with Crippen LogP contribution in [0.4, 0.5) is 0 Å². The van der Waals surface area contributed by atoms with Crippen molar-refractivity contribution in [2.75, 3.05) is 0 Å². The molecular formula is C13H10ClNO3. The smallest absolute Gasteiger partial charge is 0.374 e. The number of hydrogen-bond donors (Lipinski definition) is 1. The van der Waals surface area contributed by atoms with Crippen molar-refractivity contribution in [1.29, 1.82) is 0 Å². The van der Waals surface area contributed by atoms with Crippen LogP contribution in [-0.4, -0.2) is 16.2 Å². The molecule has 0 bridgehead atoms. The number of nitrogens with zero attached hydrogens (tertiary/aromatic N) is 1. The second kappa shape index (κ2) is 4.14. The zero-order valence-corrected chi connectivity index (χ0v) is 10.1. The summed E-state index contributed by atoms with van der Waals surface area (Å²) < 4.78 is 4.72. The van der Waals surface area contributed by atoms with E-state index in [1.54, 1.807) is 6.07 Å². The number of halogens is 1. The number of benzene rings is 1. The molecule has 1 aromatic heterocycles. The van der Waals surface area contributed by atoms with E-state index in [1.165, 1.54) is 18.9 Å². The Morgan fingerprint density at radius 2 is 2.17 bits per heavy atom. The highest BCUT2D eigenvalue weighted by Gasteiger charge is 2.26. The summed E-state index contributed by atoms with van der Waals surface area (Å²) in [7, 11) is 0. The predicted octanol–water partition coefficient (Wildman–Crippen LogP) is 3.57. The van der Waals surface area contributed by atoms with Gasteiger partial charge in [-0.05, 0) is 30.4 Å². The summed E-state index contributed by atoms with van der Waals surface area (Å²) in [6.45, 7) is 0. The normalized spacial score (nSPS) is 14.7. The summed E-state index contributed by atoms with van der Waals surface area (Å²) in [4.78, 5) is 10.7. The molecule has 3 rings (SSSR count). The molecule has 0 amide bonds. The second-order valence-electron chi connectivity index (χ2n) is 4.39. The monoisotopic (exact) mass is 263 g/mol. The van der Waals surface area contributed by atoms with Gasteiger partial charge in [0, 0.05) is 16.7 Å². The lowest BCUT2D eigenvalue weighted by Crippen LogP contribution is -1.91. The maximum atomic E-state index is 10.7. The van der Waals surface area contributed by atoms with Gasteiger partial charge in [0.15, 0.2) is 0 Å². The van der Waals surface area contributed by atoms with Crippen LogP contribution < -0.4 is 0 Å². The summed E-state index contributed by atoms with van der Waals surface area (Å²) in [6, 6.07) is 7.07. The van der Waals surface area contributed by atoms with Crippen LogP contribution in [-0.2, 0) is 0 Å². The Morgan fingerprint density at radius 3 is 2.72 bits per heavy atom. The summed E-state index contributed by atoms with van der Waals surface area (Å²) in [5, 5.41) is 13.2. The Morgan fingerprint density at radius 1 is 1.39 bits per heavy atom. The van der Waals surface area contributed by atoms with Crippen molar-refractivity contribution in [2.45, 2.75) is 18.8 Å². The average molecular weight is 264 g/mol. The fourth-order valence-electron chi connectivity index (χ4n) is 1.92. The van der Waals surface area contributed by atoms with Crippen LogP contribution in [0.15, 0.2) is 28.8 Å². The van der Waals surface area contributed by atoms with Crippen LogP contribution in [0.25, 0.3) is 11.3 Å². The van der Waals surface area contributed by atoms with E-state index in [2.05, 4.69) is 5.16 Å². The number of carbonyl (C=O) groups is 1. The molecule has 0 unspecified atom stereocenters. The molecule has 1 heterocycles. The van der Waals surface area contributed by atoms with Gasteiger partial charge in [-0.15, -0.1) is 0 Å². The second-order valence-corrected chi connectivity index (χ2v) is 4.80. The third kappa shape index (κ3) is 1.99. The van der Waals surface area contributed by atoms with Crippen LogP contribution in [0.3, 0.4) is 0 Å². The predicted molar refractivity (Wildman–Crippen MR) is 65.9 cm³/mol. The Balaban J connectivity index is 1.95. The van der Waals surface area contributed by atoms with Gasteiger partial charge in [0.1, 0.15) is 5.69 Å². The Hall–Kier alpha value is -1.81. The highest BCUT2D eigenvalue weighted by molar-refractivity contribution is 6.31. The van der Waals surface area contributed by atoms with Crippen LogP contribution >= 0.6 is 11.6 Å². The van der Waals surface area contributed by atoms with Crippen molar-refractivity contribution in [2.24, 2.45) is 0 Å². The van der Waals surface area contributed by atoms with Crippen molar-refractivity contribution >= 4 is 17.6 Å². The fourth-order valence-corrected chi connectivity index (χ4v) is 2.26. The van der Waals surface area contributed by atoms with E-state index < -0.39 is 5.97 Å². The molecular weight excluding hydrogens is 254 g/mol. The first-order valence-corrected chi connectivity index (χ1v) is 6.03. The fraction of sp³-hybridized carbons (Fsp3) is 0.231. The van der Waals surface area contributed by atoms with E-state index in [1.807, 2.05) is 12.1 Å². The molecule has 18 heavy (non-hydrogen) atoms. The van der Waals surface area contributed by atoms with E-state index in [4.69, 9.17) is 21.2 Å². The van der Waals surface area contributed by atoms with Gasteiger partial charge in [-0.25, -0.2) is 4.79 Å². The number of carboxylic acids is 1. The minimum absolute atomic E-state index is 0.174. The first-order valence-electron chi connectivity index (χ1n) is 5.65. The molecule has 2 aromatic rings. The van der Waals surface area contributed by atoms with Crippen molar-refractivity contribution in [1.82, 2.24) is 5.16 Å². The maximum absolute atomic E-state index is 10.7. The summed E-state index contributed by atoms with van der Waals surface area (Å²) >= 11 is 6.21. The Kier molecular flexibility index (Phi) is 2.59. The number of aromatic nitrogens is 1. The highest BCUT2D eigenvalue weighted by Crippen LogP contribution is 2.43. The number of hydrogen-bond acceptors (Lipinski definition) is 3. The third-order valence-electron chi connectivity index (χ3n) is 3.03. The molecule has 1 aliphatic carbocycles. The molecule has 1 fully saturated rings. The molecule has 1 aliphatic rings. The van der Waals surface area contributed by atoms with Crippen molar-refractivity contribution in [3.63, 3.8) is 0 Å². The zero-order valence-electron chi connectivity index (χ0n) is 9.39. The standard InChI is InChI=1S/C13H10ClNO3/c14-10-5-8(3-4-9(10)7-1-2-7)11-6-12(13(16)17)18-15-11/h3-7H,1-2H2,(H,16,17). The Labute approximate surface area is 108 Å². The summed E-state index contributed by atoms with van der Waals surface area (Å²) in [5.74, 6) is -0.722. The van der Waals surface area contributed by atoms with E-state index >= 15 is 0 Å². The molecule has 0 atom stereocenters. The van der Waals surface area contributed by atoms with Crippen LogP contribution in [0, 0.1) is 0 Å². The van der Waals surface area contributed by atoms with Crippen molar-refractivity contribution in [3.05, 3.63) is 40.6 Å². The van der Waals surface area contributed by atoms with Crippen LogP contribution in [0.5, 0.6) is 0 Å². The topological polar surface area (TPSA) is 63.3 Å². The van der Waals surface area contributed by atoms with Gasteiger partial charge < -0.3 is 9.63 Å². The SMILES string of the molecule is O=C(O)c1cc(-c2ccc(C3CC3)c(Cl)c2)no1. The molecule has 92 valence electrons. The minimum atomic E-state index is -1.13. The van der Waals surface area contributed by atoms with Crippen LogP contribution in [0.1, 0.15) is 34.9 Å². The largest absolute Gasteiger partial charge is 0.475 e. The molecule has 5 heteroatoms. The number of aromatic carboxylic acids is 1. The molecule has 1 saturated carbocycles. The number of rotatable bonds is 3. The molecule has 1 N–H and O–H groups in total. The van der Waals surface area contributed by atoms with Gasteiger partial charge in [0.25, 0.3) is 0 Å². The van der Waals surface area contributed by atoms with E-state index in [0.717, 1.165) is 11.1 Å². The molecule has 0 saturated heterocycles. The first-order chi connectivity index (χ1) is 8.65. The van der Waals surface area contributed by atoms with Crippen molar-refractivity contribution in [3.8, 4) is 11.3 Å². The van der Waals surface area contributed by atoms with Gasteiger partial charge in [-0.3, -0.25) is 0 Å². The van der Waals surface area contributed by atoms with Gasteiger partial charge in [-0.2, -0.15) is 0 Å². The van der Waals surface area contributed by atoms with E-state index in [-0.39, 0.29) is 5.76 Å². The molecule has 0 radical (unpaired) electrons. The minimum Gasteiger partial charge on any atom is -0.475 e. The van der Waals surface area contributed by atoms with E-state index in [9.17, 15) is 4.79 Å². The molecule has 4 nitrogen and oxygen atoms in total. The third-order valence-corrected chi connectivity index (χ3v) is 3.36.